The molecule has 5 rings (SSSR count). The van der Waals surface area contributed by atoms with E-state index in [4.69, 9.17) is 13.9 Å². The first kappa shape index (κ1) is 19.6. The Morgan fingerprint density at radius 3 is 2.81 bits per heavy atom. The molecule has 0 N–H and O–H groups in total. The van der Waals surface area contributed by atoms with Crippen LogP contribution in [0.25, 0.3) is 21.0 Å². The van der Waals surface area contributed by atoms with Gasteiger partial charge in [0.05, 0.1) is 30.5 Å². The van der Waals surface area contributed by atoms with Crippen LogP contribution in [-0.4, -0.2) is 36.6 Å². The van der Waals surface area contributed by atoms with Crippen LogP contribution in [0.3, 0.4) is 0 Å². The summed E-state index contributed by atoms with van der Waals surface area (Å²) < 4.78 is 18.0. The summed E-state index contributed by atoms with van der Waals surface area (Å²) >= 11 is 1.55. The highest BCUT2D eigenvalue weighted by atomic mass is 32.1. The van der Waals surface area contributed by atoms with Crippen molar-refractivity contribution in [2.75, 3.05) is 20.8 Å². The normalized spacial score (nSPS) is 16.1. The number of amides is 1. The monoisotopic (exact) mass is 434 g/mol. The lowest BCUT2D eigenvalue weighted by Gasteiger charge is -2.26. The van der Waals surface area contributed by atoms with Crippen molar-refractivity contribution in [3.8, 4) is 22.3 Å². The molecule has 0 radical (unpaired) electrons. The van der Waals surface area contributed by atoms with Crippen LogP contribution in [0.5, 0.6) is 11.5 Å². The fourth-order valence-electron chi connectivity index (χ4n) is 4.12. The zero-order chi connectivity index (χ0) is 21.4. The number of rotatable bonds is 5. The molecule has 7 heteroatoms. The van der Waals surface area contributed by atoms with E-state index >= 15 is 0 Å². The Morgan fingerprint density at radius 2 is 2.00 bits per heavy atom. The maximum absolute atomic E-state index is 13.3. The first-order valence-electron chi connectivity index (χ1n) is 10.2. The predicted octanol–water partition coefficient (Wildman–Crippen LogP) is 5.55. The van der Waals surface area contributed by atoms with Crippen molar-refractivity contribution in [3.63, 3.8) is 0 Å². The third kappa shape index (κ3) is 3.55. The van der Waals surface area contributed by atoms with Gasteiger partial charge in [0, 0.05) is 12.1 Å². The van der Waals surface area contributed by atoms with Gasteiger partial charge in [-0.1, -0.05) is 12.1 Å². The van der Waals surface area contributed by atoms with Crippen LogP contribution in [0.4, 0.5) is 0 Å². The van der Waals surface area contributed by atoms with Gasteiger partial charge in [0.2, 0.25) is 0 Å². The second-order valence-electron chi connectivity index (χ2n) is 7.42. The Labute approximate surface area is 184 Å². The summed E-state index contributed by atoms with van der Waals surface area (Å²) in [6.45, 7) is 0.668. The molecule has 0 bridgehead atoms. The number of benzene rings is 2. The van der Waals surface area contributed by atoms with E-state index < -0.39 is 0 Å². The first-order chi connectivity index (χ1) is 15.2. The number of fused-ring (bicyclic) bond motifs is 1. The van der Waals surface area contributed by atoms with Gasteiger partial charge in [-0.3, -0.25) is 4.79 Å². The fourth-order valence-corrected chi connectivity index (χ4v) is 5.05. The van der Waals surface area contributed by atoms with Gasteiger partial charge in [-0.05, 0) is 55.3 Å². The lowest BCUT2D eigenvalue weighted by molar-refractivity contribution is 0.0702. The van der Waals surface area contributed by atoms with Gasteiger partial charge in [-0.15, -0.1) is 11.3 Å². The SMILES string of the molecule is COc1ccc(OC)c([C@@H]2CCCN2C(=O)c2ccc(-c3nc4ccccc4s3)o2)c1. The van der Waals surface area contributed by atoms with Crippen LogP contribution < -0.4 is 9.47 Å². The molecule has 1 aliphatic heterocycles. The summed E-state index contributed by atoms with van der Waals surface area (Å²) in [6.07, 6.45) is 1.78. The average molecular weight is 435 g/mol. The Kier molecular flexibility index (Phi) is 5.11. The minimum Gasteiger partial charge on any atom is -0.497 e. The van der Waals surface area contributed by atoms with Gasteiger partial charge >= 0.3 is 0 Å². The van der Waals surface area contributed by atoms with Crippen LogP contribution in [0.2, 0.25) is 0 Å². The van der Waals surface area contributed by atoms with Crippen LogP contribution in [-0.2, 0) is 0 Å². The number of methoxy groups -OCH3 is 2. The molecule has 0 saturated carbocycles. The zero-order valence-electron chi connectivity index (χ0n) is 17.3. The minimum atomic E-state index is -0.125. The summed E-state index contributed by atoms with van der Waals surface area (Å²) in [7, 11) is 3.28. The van der Waals surface area contributed by atoms with Gasteiger partial charge in [0.1, 0.15) is 11.5 Å². The number of hydrogen-bond donors (Lipinski definition) is 0. The number of hydrogen-bond acceptors (Lipinski definition) is 6. The number of para-hydroxylation sites is 1. The molecule has 158 valence electrons. The summed E-state index contributed by atoms with van der Waals surface area (Å²) in [5, 5.41) is 0.771. The van der Waals surface area contributed by atoms with Crippen molar-refractivity contribution in [3.05, 3.63) is 65.9 Å². The summed E-state index contributed by atoms with van der Waals surface area (Å²) in [5.41, 5.74) is 1.88. The molecular formula is C24H22N2O4S. The smallest absolute Gasteiger partial charge is 0.290 e. The lowest BCUT2D eigenvalue weighted by Crippen LogP contribution is -2.30. The Bertz CT molecular complexity index is 1210. The van der Waals surface area contributed by atoms with Gasteiger partial charge in [0.15, 0.2) is 16.5 Å². The molecule has 1 atom stereocenters. The van der Waals surface area contributed by atoms with E-state index in [1.807, 2.05) is 53.4 Å². The highest BCUT2D eigenvalue weighted by Crippen LogP contribution is 2.40. The van der Waals surface area contributed by atoms with Crippen molar-refractivity contribution in [1.82, 2.24) is 9.88 Å². The highest BCUT2D eigenvalue weighted by Gasteiger charge is 2.34. The Balaban J connectivity index is 1.44. The molecule has 4 aromatic rings. The molecule has 0 spiro atoms. The van der Waals surface area contributed by atoms with E-state index in [9.17, 15) is 4.79 Å². The molecule has 1 amide bonds. The van der Waals surface area contributed by atoms with Crippen molar-refractivity contribution >= 4 is 27.5 Å². The van der Waals surface area contributed by atoms with Gasteiger partial charge in [0.25, 0.3) is 5.91 Å². The standard InChI is InChI=1S/C24H22N2O4S/c1-28-15-9-10-19(29-2)16(14-15)18-7-5-13-26(18)24(27)21-12-11-20(30-21)23-25-17-6-3-4-8-22(17)31-23/h3-4,6,8-12,14,18H,5,7,13H2,1-2H3/t18-/m0/s1. The number of carbonyl (C=O) groups excluding carboxylic acids is 1. The van der Waals surface area contributed by atoms with Crippen molar-refractivity contribution in [1.29, 1.82) is 0 Å². The number of furan rings is 1. The van der Waals surface area contributed by atoms with E-state index in [1.54, 1.807) is 31.6 Å². The molecule has 2 aromatic heterocycles. The highest BCUT2D eigenvalue weighted by molar-refractivity contribution is 7.21. The van der Waals surface area contributed by atoms with Crippen LogP contribution in [0, 0.1) is 0 Å². The molecule has 1 fully saturated rings. The molecule has 0 unspecified atom stereocenters. The molecule has 2 aromatic carbocycles. The Morgan fingerprint density at radius 1 is 1.13 bits per heavy atom. The first-order valence-corrected chi connectivity index (χ1v) is 11.0. The lowest BCUT2D eigenvalue weighted by atomic mass is 10.0. The topological polar surface area (TPSA) is 64.8 Å². The second kappa shape index (κ2) is 8.07. The number of carbonyl (C=O) groups is 1. The van der Waals surface area contributed by atoms with Crippen molar-refractivity contribution in [2.45, 2.75) is 18.9 Å². The average Bonchev–Trinajstić information content (AvgIpc) is 3.56. The van der Waals surface area contributed by atoms with E-state index in [0.717, 1.165) is 45.1 Å². The molecule has 1 saturated heterocycles. The van der Waals surface area contributed by atoms with Crippen molar-refractivity contribution < 1.29 is 18.7 Å². The van der Waals surface area contributed by atoms with Crippen LogP contribution >= 0.6 is 11.3 Å². The predicted molar refractivity (Wildman–Crippen MR) is 120 cm³/mol. The van der Waals surface area contributed by atoms with E-state index in [2.05, 4.69) is 4.98 Å². The van der Waals surface area contributed by atoms with Gasteiger partial charge in [-0.25, -0.2) is 4.98 Å². The largest absolute Gasteiger partial charge is 0.497 e. The number of thiazole rings is 1. The summed E-state index contributed by atoms with van der Waals surface area (Å²) in [6, 6.07) is 17.1. The van der Waals surface area contributed by atoms with E-state index in [1.165, 1.54) is 0 Å². The maximum atomic E-state index is 13.3. The summed E-state index contributed by atoms with van der Waals surface area (Å²) in [4.78, 5) is 19.8. The number of ether oxygens (including phenoxy) is 2. The summed E-state index contributed by atoms with van der Waals surface area (Å²) in [5.74, 6) is 2.30. The molecule has 6 nitrogen and oxygen atoms in total. The van der Waals surface area contributed by atoms with Crippen molar-refractivity contribution in [2.24, 2.45) is 0 Å². The molecule has 0 aliphatic carbocycles. The zero-order valence-corrected chi connectivity index (χ0v) is 18.1. The minimum absolute atomic E-state index is 0.0893. The molecule has 3 heterocycles. The number of likely N-dealkylation sites (tertiary alicyclic amines) is 1. The van der Waals surface area contributed by atoms with E-state index in [-0.39, 0.29) is 11.9 Å². The van der Waals surface area contributed by atoms with Gasteiger partial charge in [-0.2, -0.15) is 0 Å². The molecular weight excluding hydrogens is 412 g/mol. The third-order valence-corrected chi connectivity index (χ3v) is 6.68. The van der Waals surface area contributed by atoms with Crippen LogP contribution in [0.15, 0.2) is 59.0 Å². The second-order valence-corrected chi connectivity index (χ2v) is 8.45. The Hall–Kier alpha value is -3.32. The van der Waals surface area contributed by atoms with Gasteiger partial charge < -0.3 is 18.8 Å². The van der Waals surface area contributed by atoms with E-state index in [0.29, 0.717) is 18.1 Å². The molecule has 1 aliphatic rings. The number of aromatic nitrogens is 1. The number of nitrogens with zero attached hydrogens (tertiary/aromatic N) is 2. The third-order valence-electron chi connectivity index (χ3n) is 5.63. The maximum Gasteiger partial charge on any atom is 0.290 e. The quantitative estimate of drug-likeness (QED) is 0.412. The molecule has 31 heavy (non-hydrogen) atoms. The van der Waals surface area contributed by atoms with Crippen LogP contribution in [0.1, 0.15) is 35.0 Å². The fraction of sp³-hybridized carbons (Fsp3) is 0.250.